The van der Waals surface area contributed by atoms with E-state index in [-0.39, 0.29) is 31.4 Å². The molecular formula is C63H59IrN5OSi-2. The summed E-state index contributed by atoms with van der Waals surface area (Å²) in [5, 5.41) is 6.04. The Kier molecular flexibility index (Phi) is 13.4. The quantitative estimate of drug-likeness (QED) is 0.117. The van der Waals surface area contributed by atoms with E-state index in [9.17, 15) is 0 Å². The van der Waals surface area contributed by atoms with Crippen molar-refractivity contribution < 1.29 is 24.5 Å². The van der Waals surface area contributed by atoms with Crippen molar-refractivity contribution in [2.45, 2.75) is 86.4 Å². The molecule has 0 amide bonds. The van der Waals surface area contributed by atoms with E-state index >= 15 is 0 Å². The molecule has 6 nitrogen and oxygen atoms in total. The molecular weight excluding hydrogens is 1060 g/mol. The van der Waals surface area contributed by atoms with Crippen LogP contribution in [0.4, 0.5) is 0 Å². The number of fused-ring (bicyclic) bond motifs is 5. The van der Waals surface area contributed by atoms with Crippen LogP contribution in [0.3, 0.4) is 0 Å². The van der Waals surface area contributed by atoms with Crippen molar-refractivity contribution in [2.75, 3.05) is 0 Å². The maximum absolute atomic E-state index is 6.57. The van der Waals surface area contributed by atoms with Crippen molar-refractivity contribution >= 4 is 57.1 Å². The van der Waals surface area contributed by atoms with Crippen LogP contribution in [0.5, 0.6) is 0 Å². The second-order valence-corrected chi connectivity index (χ2v) is 26.0. The molecule has 11 rings (SSSR count). The van der Waals surface area contributed by atoms with E-state index in [1.54, 1.807) is 0 Å². The maximum atomic E-state index is 6.57. The molecule has 5 heterocycles. The van der Waals surface area contributed by atoms with E-state index in [0.717, 1.165) is 78.2 Å². The van der Waals surface area contributed by atoms with E-state index in [4.69, 9.17) is 24.4 Å². The number of aryl methyl sites for hydroxylation is 3. The fraction of sp³-hybridized carbons (Fsp3) is 0.206. The summed E-state index contributed by atoms with van der Waals surface area (Å²) < 4.78 is 8.85. The monoisotopic (exact) mass is 1120 g/mol. The largest absolute Gasteiger partial charge is 0.486 e. The summed E-state index contributed by atoms with van der Waals surface area (Å²) in [4.78, 5) is 19.6. The molecule has 5 aromatic heterocycles. The van der Waals surface area contributed by atoms with Crippen molar-refractivity contribution in [3.05, 3.63) is 192 Å². The van der Waals surface area contributed by atoms with Crippen LogP contribution < -0.4 is 5.19 Å². The zero-order valence-electron chi connectivity index (χ0n) is 42.5. The van der Waals surface area contributed by atoms with Gasteiger partial charge in [-0.1, -0.05) is 157 Å². The Labute approximate surface area is 432 Å². The summed E-state index contributed by atoms with van der Waals surface area (Å²) in [5.41, 5.74) is 17.5. The van der Waals surface area contributed by atoms with Crippen LogP contribution >= 0.6 is 0 Å². The zero-order chi connectivity index (χ0) is 49.1. The molecule has 0 atom stereocenters. The van der Waals surface area contributed by atoms with Gasteiger partial charge in [-0.05, 0) is 104 Å². The molecule has 11 aromatic rings. The predicted molar refractivity (Wildman–Crippen MR) is 295 cm³/mol. The molecule has 0 aliphatic rings. The van der Waals surface area contributed by atoms with E-state index < -0.39 is 8.07 Å². The molecule has 0 saturated carbocycles. The van der Waals surface area contributed by atoms with Gasteiger partial charge in [0.05, 0.1) is 36.7 Å². The first-order valence-corrected chi connectivity index (χ1v) is 27.8. The van der Waals surface area contributed by atoms with Crippen molar-refractivity contribution in [1.82, 2.24) is 24.5 Å². The van der Waals surface area contributed by atoms with Gasteiger partial charge >= 0.3 is 0 Å². The molecule has 0 bridgehead atoms. The summed E-state index contributed by atoms with van der Waals surface area (Å²) in [6.07, 6.45) is 4.00. The third-order valence-electron chi connectivity index (χ3n) is 13.5. The first-order valence-electron chi connectivity index (χ1n) is 24.3. The molecule has 0 N–H and O–H groups in total. The molecule has 0 saturated heterocycles. The third kappa shape index (κ3) is 9.45. The van der Waals surface area contributed by atoms with Crippen LogP contribution in [0, 0.1) is 32.9 Å². The number of hydrogen-bond donors (Lipinski definition) is 0. The van der Waals surface area contributed by atoms with Crippen LogP contribution in [0.15, 0.2) is 156 Å². The first-order chi connectivity index (χ1) is 33.5. The minimum atomic E-state index is -1.54. The Balaban J connectivity index is 0.000000197. The van der Waals surface area contributed by atoms with Crippen LogP contribution in [0.1, 0.15) is 68.6 Å². The zero-order valence-corrected chi connectivity index (χ0v) is 45.9. The van der Waals surface area contributed by atoms with Gasteiger partial charge in [0.1, 0.15) is 0 Å². The van der Waals surface area contributed by atoms with Crippen LogP contribution in [-0.2, 0) is 25.5 Å². The molecule has 0 spiro atoms. The number of pyridine rings is 3. The molecule has 1 radical (unpaired) electrons. The third-order valence-corrected chi connectivity index (χ3v) is 15.5. The maximum Gasteiger partial charge on any atom is 0.216 e. The summed E-state index contributed by atoms with van der Waals surface area (Å²) in [5.74, 6) is 1.05. The number of benzene rings is 6. The SMILES string of the molecule is C[Si](C)(C)c1cnc(-c2[c-]cccc2)cc1-c1cccc2ccccc12.Cc1cc2c(nc1C)oc1c(-c3nc4cnc(C(C)C)cc4n3-c3ccc(-c4ccccc4)cc3C(C)(C)C)[c-]cc(C)c12.[Ir]. The Morgan fingerprint density at radius 1 is 0.676 bits per heavy atom. The molecule has 0 fully saturated rings. The van der Waals surface area contributed by atoms with Crippen molar-refractivity contribution in [3.8, 4) is 50.6 Å². The number of rotatable bonds is 7. The summed E-state index contributed by atoms with van der Waals surface area (Å²) >= 11 is 0. The minimum Gasteiger partial charge on any atom is -0.486 e. The second kappa shape index (κ2) is 19.4. The van der Waals surface area contributed by atoms with E-state index in [0.29, 0.717) is 5.71 Å². The van der Waals surface area contributed by atoms with Crippen molar-refractivity contribution in [3.63, 3.8) is 0 Å². The average molecular weight is 1120 g/mol. The van der Waals surface area contributed by atoms with Crippen molar-refractivity contribution in [1.29, 1.82) is 0 Å². The Hall–Kier alpha value is -6.83. The summed E-state index contributed by atoms with van der Waals surface area (Å²) in [7, 11) is -1.54. The summed E-state index contributed by atoms with van der Waals surface area (Å²) in [6.45, 7) is 24.5. The van der Waals surface area contributed by atoms with Gasteiger partial charge in [0.15, 0.2) is 0 Å². The minimum absolute atomic E-state index is 0. The normalized spacial score (nSPS) is 11.9. The molecule has 357 valence electrons. The van der Waals surface area contributed by atoms with Gasteiger partial charge in [-0.2, -0.15) is 0 Å². The Morgan fingerprint density at radius 3 is 2.15 bits per heavy atom. The molecule has 71 heavy (non-hydrogen) atoms. The molecule has 0 aliphatic carbocycles. The predicted octanol–water partition coefficient (Wildman–Crippen LogP) is 16.1. The topological polar surface area (TPSA) is 69.6 Å². The summed E-state index contributed by atoms with van der Waals surface area (Å²) in [6, 6.07) is 56.1. The standard InChI is InChI=1S/C39H37N4O.C24H22NSi.Ir/c1-22(2)31-20-34-32(21-40-31)42-37(28-16-14-23(3)35-29-18-24(4)25(5)41-38(29)44-36(28)35)43(34)33-17-15-27(19-30(33)39(6,7)8)26-12-10-9-11-13-26;1-26(2,3)24-17-25-23(19-11-5-4-6-12-19)16-22(24)21-15-9-13-18-10-7-8-14-20(18)21;/h9-15,17-22H,1-8H3;4-11,13-17H,1-3H3;/q2*-1;. The second-order valence-electron chi connectivity index (χ2n) is 20.9. The number of imidazole rings is 1. The number of aromatic nitrogens is 5. The molecule has 8 heteroatoms. The van der Waals surface area contributed by atoms with Gasteiger partial charge in [-0.15, -0.1) is 53.6 Å². The fourth-order valence-electron chi connectivity index (χ4n) is 9.56. The van der Waals surface area contributed by atoms with Crippen LogP contribution in [0.2, 0.25) is 19.6 Å². The van der Waals surface area contributed by atoms with Crippen molar-refractivity contribution in [2.24, 2.45) is 0 Å². The fourth-order valence-corrected chi connectivity index (χ4v) is 11.0. The van der Waals surface area contributed by atoms with Crippen LogP contribution in [-0.4, -0.2) is 32.6 Å². The Bertz CT molecular complexity index is 3740. The first kappa shape index (κ1) is 49.2. The Morgan fingerprint density at radius 2 is 1.42 bits per heavy atom. The molecule has 6 aromatic carbocycles. The van der Waals surface area contributed by atoms with Gasteiger partial charge in [0.2, 0.25) is 5.71 Å². The van der Waals surface area contributed by atoms with Crippen LogP contribution in [0.25, 0.3) is 94.5 Å². The van der Waals surface area contributed by atoms with Gasteiger partial charge in [-0.3, -0.25) is 9.97 Å². The van der Waals surface area contributed by atoms with E-state index in [1.807, 2.05) is 37.4 Å². The average Bonchev–Trinajstić information content (AvgIpc) is 3.92. The van der Waals surface area contributed by atoms with Gasteiger partial charge in [-0.25, -0.2) is 4.98 Å². The van der Waals surface area contributed by atoms with Gasteiger partial charge < -0.3 is 14.0 Å². The number of furan rings is 1. The molecule has 0 unspecified atom stereocenters. The van der Waals surface area contributed by atoms with E-state index in [2.05, 4.69) is 206 Å². The van der Waals surface area contributed by atoms with Gasteiger partial charge in [0.25, 0.3) is 0 Å². The number of nitrogens with zero attached hydrogens (tertiary/aromatic N) is 5. The molecule has 0 aliphatic heterocycles. The van der Waals surface area contributed by atoms with E-state index in [1.165, 1.54) is 43.8 Å². The van der Waals surface area contributed by atoms with Gasteiger partial charge in [0, 0.05) is 48.8 Å². The number of hydrogen-bond acceptors (Lipinski definition) is 5. The smallest absolute Gasteiger partial charge is 0.216 e.